The fourth-order valence-corrected chi connectivity index (χ4v) is 3.14. The minimum Gasteiger partial charge on any atom is -0.388 e. The first-order valence-electron chi connectivity index (χ1n) is 8.15. The third-order valence-corrected chi connectivity index (χ3v) is 4.56. The number of halogens is 1. The molecule has 1 saturated heterocycles. The van der Waals surface area contributed by atoms with E-state index in [9.17, 15) is 9.90 Å². The number of rotatable bonds is 5. The highest BCUT2D eigenvalue weighted by Crippen LogP contribution is 2.21. The van der Waals surface area contributed by atoms with Gasteiger partial charge in [-0.05, 0) is 36.2 Å². The molecule has 0 spiro atoms. The molecule has 0 saturated carbocycles. The molecule has 0 bridgehead atoms. The molecule has 2 atom stereocenters. The van der Waals surface area contributed by atoms with Crippen LogP contribution < -0.4 is 10.2 Å². The number of hydrogen-bond acceptors (Lipinski definition) is 3. The summed E-state index contributed by atoms with van der Waals surface area (Å²) < 4.78 is 0. The van der Waals surface area contributed by atoms with Crippen LogP contribution in [0.4, 0.5) is 5.69 Å². The van der Waals surface area contributed by atoms with Crippen molar-refractivity contribution < 1.29 is 9.90 Å². The van der Waals surface area contributed by atoms with Gasteiger partial charge in [0.05, 0.1) is 12.5 Å². The number of aliphatic hydroxyl groups excluding tert-OH is 1. The molecule has 24 heavy (non-hydrogen) atoms. The maximum absolute atomic E-state index is 12.2. The highest BCUT2D eigenvalue weighted by molar-refractivity contribution is 6.30. The van der Waals surface area contributed by atoms with Gasteiger partial charge in [-0.2, -0.15) is 0 Å². The Labute approximate surface area is 147 Å². The summed E-state index contributed by atoms with van der Waals surface area (Å²) in [5.74, 6) is -0.127. The fraction of sp³-hybridized carbons (Fsp3) is 0.316. The number of nitrogens with zero attached hydrogens (tertiary/aromatic N) is 1. The van der Waals surface area contributed by atoms with E-state index >= 15 is 0 Å². The van der Waals surface area contributed by atoms with E-state index in [2.05, 4.69) is 22.3 Å². The molecule has 2 unspecified atom stereocenters. The van der Waals surface area contributed by atoms with E-state index in [4.69, 9.17) is 11.6 Å². The van der Waals surface area contributed by atoms with E-state index in [-0.39, 0.29) is 18.4 Å². The molecule has 2 aromatic carbocycles. The number of aliphatic hydroxyl groups is 1. The average molecular weight is 345 g/mol. The summed E-state index contributed by atoms with van der Waals surface area (Å²) >= 11 is 5.83. The van der Waals surface area contributed by atoms with Gasteiger partial charge in [-0.15, -0.1) is 0 Å². The highest BCUT2D eigenvalue weighted by Gasteiger charge is 2.24. The van der Waals surface area contributed by atoms with Crippen molar-refractivity contribution in [2.75, 3.05) is 18.0 Å². The highest BCUT2D eigenvalue weighted by atomic mass is 35.5. The Bertz CT molecular complexity index is 676. The Morgan fingerprint density at radius 1 is 1.21 bits per heavy atom. The zero-order chi connectivity index (χ0) is 16.9. The van der Waals surface area contributed by atoms with Gasteiger partial charge in [-0.25, -0.2) is 0 Å². The number of para-hydroxylation sites is 1. The van der Waals surface area contributed by atoms with Crippen molar-refractivity contribution in [3.8, 4) is 0 Å². The molecule has 2 N–H and O–H groups in total. The van der Waals surface area contributed by atoms with Gasteiger partial charge in [-0.3, -0.25) is 4.79 Å². The summed E-state index contributed by atoms with van der Waals surface area (Å²) in [6.45, 7) is 1.72. The topological polar surface area (TPSA) is 52.6 Å². The van der Waals surface area contributed by atoms with E-state index in [0.717, 1.165) is 19.5 Å². The average Bonchev–Trinajstić information content (AvgIpc) is 3.04. The molecular weight excluding hydrogens is 324 g/mol. The van der Waals surface area contributed by atoms with Gasteiger partial charge in [-0.1, -0.05) is 41.9 Å². The van der Waals surface area contributed by atoms with Gasteiger partial charge < -0.3 is 15.3 Å². The Balaban J connectivity index is 1.49. The molecular formula is C19H21ClN2O2. The predicted molar refractivity (Wildman–Crippen MR) is 96.2 cm³/mol. The number of carbonyl (C=O) groups excluding carboxylic acids is 1. The van der Waals surface area contributed by atoms with Crippen LogP contribution in [0.2, 0.25) is 5.02 Å². The van der Waals surface area contributed by atoms with Crippen molar-refractivity contribution in [2.24, 2.45) is 0 Å². The van der Waals surface area contributed by atoms with Crippen LogP contribution >= 0.6 is 11.6 Å². The van der Waals surface area contributed by atoms with Crippen LogP contribution in [0.5, 0.6) is 0 Å². The van der Waals surface area contributed by atoms with Crippen molar-refractivity contribution in [3.05, 3.63) is 65.2 Å². The Morgan fingerprint density at radius 3 is 2.62 bits per heavy atom. The van der Waals surface area contributed by atoms with Crippen LogP contribution in [-0.4, -0.2) is 30.1 Å². The van der Waals surface area contributed by atoms with Crippen LogP contribution in [-0.2, 0) is 4.79 Å². The molecule has 1 amide bonds. The summed E-state index contributed by atoms with van der Waals surface area (Å²) in [5, 5.41) is 13.8. The van der Waals surface area contributed by atoms with Gasteiger partial charge in [0, 0.05) is 29.8 Å². The van der Waals surface area contributed by atoms with Gasteiger partial charge >= 0.3 is 0 Å². The van der Waals surface area contributed by atoms with Crippen molar-refractivity contribution in [2.45, 2.75) is 25.0 Å². The summed E-state index contributed by atoms with van der Waals surface area (Å²) in [6.07, 6.45) is 0.162. The van der Waals surface area contributed by atoms with Crippen molar-refractivity contribution >= 4 is 23.2 Å². The third-order valence-electron chi connectivity index (χ3n) is 4.31. The summed E-state index contributed by atoms with van der Waals surface area (Å²) in [6, 6.07) is 17.2. The quantitative estimate of drug-likeness (QED) is 0.876. The number of anilines is 1. The molecule has 5 heteroatoms. The van der Waals surface area contributed by atoms with Gasteiger partial charge in [0.15, 0.2) is 0 Å². The normalized spacial score (nSPS) is 18.4. The largest absolute Gasteiger partial charge is 0.388 e. The smallest absolute Gasteiger partial charge is 0.223 e. The first-order chi connectivity index (χ1) is 11.6. The number of benzene rings is 2. The number of amides is 1. The third kappa shape index (κ3) is 4.28. The van der Waals surface area contributed by atoms with Crippen molar-refractivity contribution in [3.63, 3.8) is 0 Å². The molecule has 3 rings (SSSR count). The maximum atomic E-state index is 12.2. The zero-order valence-electron chi connectivity index (χ0n) is 13.4. The standard InChI is InChI=1S/C19H21ClN2O2/c20-15-8-6-14(7-9-15)18(23)12-19(24)21-16-10-11-22(13-16)17-4-2-1-3-5-17/h1-9,16,18,23H,10-13H2,(H,21,24). The fourth-order valence-electron chi connectivity index (χ4n) is 3.02. The summed E-state index contributed by atoms with van der Waals surface area (Å²) in [5.41, 5.74) is 1.88. The van der Waals surface area contributed by atoms with Gasteiger partial charge in [0.1, 0.15) is 0 Å². The number of hydrogen-bond donors (Lipinski definition) is 2. The van der Waals surface area contributed by atoms with E-state index in [1.165, 1.54) is 5.69 Å². The second-order valence-corrected chi connectivity index (χ2v) is 6.54. The minimum atomic E-state index is -0.811. The van der Waals surface area contributed by atoms with Crippen molar-refractivity contribution in [1.29, 1.82) is 0 Å². The van der Waals surface area contributed by atoms with Gasteiger partial charge in [0.25, 0.3) is 0 Å². The second-order valence-electron chi connectivity index (χ2n) is 6.11. The molecule has 1 heterocycles. The van der Waals surface area contributed by atoms with Crippen LogP contribution in [0.25, 0.3) is 0 Å². The maximum Gasteiger partial charge on any atom is 0.223 e. The van der Waals surface area contributed by atoms with Crippen LogP contribution in [0.15, 0.2) is 54.6 Å². The SMILES string of the molecule is O=C(CC(O)c1ccc(Cl)cc1)NC1CCN(c2ccccc2)C1. The lowest BCUT2D eigenvalue weighted by atomic mass is 10.1. The first-order valence-corrected chi connectivity index (χ1v) is 8.52. The van der Waals surface area contributed by atoms with E-state index in [0.29, 0.717) is 10.6 Å². The lowest BCUT2D eigenvalue weighted by Gasteiger charge is -2.19. The minimum absolute atomic E-state index is 0.0590. The molecule has 0 radical (unpaired) electrons. The van der Waals surface area contributed by atoms with E-state index in [1.54, 1.807) is 24.3 Å². The van der Waals surface area contributed by atoms with Gasteiger partial charge in [0.2, 0.25) is 5.91 Å². The van der Waals surface area contributed by atoms with E-state index < -0.39 is 6.10 Å². The lowest BCUT2D eigenvalue weighted by molar-refractivity contribution is -0.123. The second kappa shape index (κ2) is 7.69. The monoisotopic (exact) mass is 344 g/mol. The molecule has 2 aromatic rings. The van der Waals surface area contributed by atoms with Crippen LogP contribution in [0.1, 0.15) is 24.5 Å². The summed E-state index contributed by atoms with van der Waals surface area (Å²) in [7, 11) is 0. The lowest BCUT2D eigenvalue weighted by Crippen LogP contribution is -2.37. The number of nitrogens with one attached hydrogen (secondary N) is 1. The van der Waals surface area contributed by atoms with Crippen LogP contribution in [0, 0.1) is 0 Å². The molecule has 126 valence electrons. The molecule has 0 aromatic heterocycles. The van der Waals surface area contributed by atoms with E-state index in [1.807, 2.05) is 18.2 Å². The predicted octanol–water partition coefficient (Wildman–Crippen LogP) is 3.16. The molecule has 1 aliphatic heterocycles. The number of carbonyl (C=O) groups is 1. The van der Waals surface area contributed by atoms with Crippen LogP contribution in [0.3, 0.4) is 0 Å². The first kappa shape index (κ1) is 16.8. The zero-order valence-corrected chi connectivity index (χ0v) is 14.1. The molecule has 4 nitrogen and oxygen atoms in total. The van der Waals surface area contributed by atoms with Crippen molar-refractivity contribution in [1.82, 2.24) is 5.32 Å². The Morgan fingerprint density at radius 2 is 1.92 bits per heavy atom. The Kier molecular flexibility index (Phi) is 5.38. The molecule has 1 fully saturated rings. The Hall–Kier alpha value is -2.04. The molecule has 0 aliphatic carbocycles. The molecule has 1 aliphatic rings. The summed E-state index contributed by atoms with van der Waals surface area (Å²) in [4.78, 5) is 14.4.